The van der Waals surface area contributed by atoms with Crippen molar-refractivity contribution in [2.24, 2.45) is 23.2 Å². The number of carbonyl (C=O) groups excluding carboxylic acids is 2. The van der Waals surface area contributed by atoms with Crippen LogP contribution in [0.1, 0.15) is 58.3 Å². The predicted octanol–water partition coefficient (Wildman–Crippen LogP) is 2.54. The van der Waals surface area contributed by atoms with Gasteiger partial charge in [-0.1, -0.05) is 0 Å². The zero-order valence-electron chi connectivity index (χ0n) is 18.2. The molecule has 1 aliphatic heterocycles. The van der Waals surface area contributed by atoms with E-state index in [2.05, 4.69) is 29.1 Å². The van der Waals surface area contributed by atoms with Crippen molar-refractivity contribution in [3.63, 3.8) is 0 Å². The second-order valence-corrected chi connectivity index (χ2v) is 10.9. The van der Waals surface area contributed by atoms with Gasteiger partial charge in [0.05, 0.1) is 5.41 Å². The second kappa shape index (κ2) is 7.44. The summed E-state index contributed by atoms with van der Waals surface area (Å²) in [5, 5.41) is 3.11. The van der Waals surface area contributed by atoms with Crippen molar-refractivity contribution in [2.45, 2.75) is 70.4 Å². The Hall–Kier alpha value is -1.30. The fourth-order valence-corrected chi connectivity index (χ4v) is 7.15. The van der Waals surface area contributed by atoms with Gasteiger partial charge in [-0.05, 0) is 83.1 Å². The first-order valence-electron chi connectivity index (χ1n) is 12.0. The van der Waals surface area contributed by atoms with Gasteiger partial charge in [0.25, 0.3) is 0 Å². The minimum atomic E-state index is -0.0536. The lowest BCUT2D eigenvalue weighted by Crippen LogP contribution is -2.59. The van der Waals surface area contributed by atoms with Crippen LogP contribution in [-0.2, 0) is 4.79 Å². The molecule has 3 amide bonds. The zero-order chi connectivity index (χ0) is 20.2. The molecule has 162 valence electrons. The van der Waals surface area contributed by atoms with Gasteiger partial charge in [-0.25, -0.2) is 4.79 Å². The standard InChI is InChI=1S/C23H38N4O2/c1-16(25(2)20-3-4-20)15-24-22(29)27-7-5-26(6-8-27)21(28)23-12-17-9-18(13-23)11-19(10-17)14-23/h16-20H,3-15H2,1-2H3,(H,24,29). The molecule has 6 aliphatic rings. The van der Waals surface area contributed by atoms with Crippen molar-refractivity contribution < 1.29 is 9.59 Å². The zero-order valence-corrected chi connectivity index (χ0v) is 18.2. The Bertz CT molecular complexity index is 618. The molecule has 1 unspecified atom stereocenters. The SMILES string of the molecule is CC(CNC(=O)N1CCN(C(=O)C23CC4CC(CC(C4)C2)C3)CC1)N(C)C1CC1. The molecule has 5 saturated carbocycles. The monoisotopic (exact) mass is 402 g/mol. The molecule has 5 aliphatic carbocycles. The summed E-state index contributed by atoms with van der Waals surface area (Å²) in [6, 6.07) is 1.11. The summed E-state index contributed by atoms with van der Waals surface area (Å²) in [5.41, 5.74) is -0.0536. The fourth-order valence-electron chi connectivity index (χ4n) is 7.15. The van der Waals surface area contributed by atoms with Crippen LogP contribution in [0.2, 0.25) is 0 Å². The average molecular weight is 403 g/mol. The quantitative estimate of drug-likeness (QED) is 0.769. The van der Waals surface area contributed by atoms with Crippen LogP contribution in [0, 0.1) is 23.2 Å². The van der Waals surface area contributed by atoms with Crippen molar-refractivity contribution in [1.29, 1.82) is 0 Å². The molecule has 6 heteroatoms. The van der Waals surface area contributed by atoms with Gasteiger partial charge >= 0.3 is 6.03 Å². The number of hydrogen-bond acceptors (Lipinski definition) is 3. The molecule has 29 heavy (non-hydrogen) atoms. The largest absolute Gasteiger partial charge is 0.339 e. The maximum atomic E-state index is 13.5. The highest BCUT2D eigenvalue weighted by atomic mass is 16.2. The Morgan fingerprint density at radius 1 is 0.966 bits per heavy atom. The third-order valence-electron chi connectivity index (χ3n) is 8.71. The van der Waals surface area contributed by atoms with E-state index in [0.717, 1.165) is 37.0 Å². The molecule has 6 nitrogen and oxygen atoms in total. The molecule has 1 N–H and O–H groups in total. The molecule has 0 spiro atoms. The van der Waals surface area contributed by atoms with Gasteiger partial charge in [0.1, 0.15) is 0 Å². The number of piperazine rings is 1. The summed E-state index contributed by atoms with van der Waals surface area (Å²) in [6.07, 6.45) is 10.1. The number of carbonyl (C=O) groups is 2. The summed E-state index contributed by atoms with van der Waals surface area (Å²) in [7, 11) is 2.16. The van der Waals surface area contributed by atoms with Crippen molar-refractivity contribution in [2.75, 3.05) is 39.8 Å². The van der Waals surface area contributed by atoms with Crippen LogP contribution < -0.4 is 5.32 Å². The van der Waals surface area contributed by atoms with Gasteiger partial charge < -0.3 is 15.1 Å². The van der Waals surface area contributed by atoms with Gasteiger partial charge in [-0.2, -0.15) is 0 Å². The Morgan fingerprint density at radius 2 is 1.48 bits per heavy atom. The fraction of sp³-hybridized carbons (Fsp3) is 0.913. The van der Waals surface area contributed by atoms with Crippen LogP contribution in [0.3, 0.4) is 0 Å². The maximum absolute atomic E-state index is 13.5. The van der Waals surface area contributed by atoms with Crippen LogP contribution in [0.15, 0.2) is 0 Å². The van der Waals surface area contributed by atoms with Crippen molar-refractivity contribution >= 4 is 11.9 Å². The molecule has 0 aromatic carbocycles. The highest BCUT2D eigenvalue weighted by Gasteiger charge is 2.55. The number of hydrogen-bond donors (Lipinski definition) is 1. The Balaban J connectivity index is 1.11. The van der Waals surface area contributed by atoms with Gasteiger partial charge in [0.2, 0.25) is 5.91 Å². The van der Waals surface area contributed by atoms with Crippen LogP contribution in [0.4, 0.5) is 4.79 Å². The first-order chi connectivity index (χ1) is 13.9. The van der Waals surface area contributed by atoms with Crippen molar-refractivity contribution in [3.8, 4) is 0 Å². The highest BCUT2D eigenvalue weighted by Crippen LogP contribution is 2.60. The van der Waals surface area contributed by atoms with Crippen LogP contribution in [0.25, 0.3) is 0 Å². The Morgan fingerprint density at radius 3 is 2.00 bits per heavy atom. The van der Waals surface area contributed by atoms with E-state index in [1.165, 1.54) is 32.1 Å². The van der Waals surface area contributed by atoms with E-state index in [0.29, 0.717) is 50.7 Å². The van der Waals surface area contributed by atoms with E-state index in [1.807, 2.05) is 4.90 Å². The second-order valence-electron chi connectivity index (χ2n) is 10.9. The van der Waals surface area contributed by atoms with E-state index < -0.39 is 0 Å². The minimum absolute atomic E-state index is 0.0305. The molecule has 4 bridgehead atoms. The number of nitrogens with one attached hydrogen (secondary N) is 1. The number of rotatable bonds is 5. The minimum Gasteiger partial charge on any atom is -0.339 e. The summed E-state index contributed by atoms with van der Waals surface area (Å²) in [4.78, 5) is 32.4. The smallest absolute Gasteiger partial charge is 0.317 e. The first-order valence-corrected chi connectivity index (χ1v) is 12.0. The van der Waals surface area contributed by atoms with Gasteiger partial charge in [0, 0.05) is 44.8 Å². The maximum Gasteiger partial charge on any atom is 0.317 e. The van der Waals surface area contributed by atoms with E-state index in [9.17, 15) is 9.59 Å². The molecule has 6 fully saturated rings. The summed E-state index contributed by atoms with van der Waals surface area (Å²) in [6.45, 7) is 5.60. The summed E-state index contributed by atoms with van der Waals surface area (Å²) in [5.74, 6) is 2.81. The van der Waals surface area contributed by atoms with E-state index >= 15 is 0 Å². The molecule has 1 saturated heterocycles. The van der Waals surface area contributed by atoms with Gasteiger partial charge in [-0.3, -0.25) is 9.69 Å². The topological polar surface area (TPSA) is 55.9 Å². The average Bonchev–Trinajstić information content (AvgIpc) is 3.55. The Kier molecular flexibility index (Phi) is 5.04. The third-order valence-corrected chi connectivity index (χ3v) is 8.71. The molecule has 1 atom stereocenters. The molecule has 1 heterocycles. The normalized spacial score (nSPS) is 37.1. The van der Waals surface area contributed by atoms with Crippen LogP contribution in [0.5, 0.6) is 0 Å². The highest BCUT2D eigenvalue weighted by molar-refractivity contribution is 5.84. The lowest BCUT2D eigenvalue weighted by atomic mass is 9.49. The molecule has 0 aromatic heterocycles. The van der Waals surface area contributed by atoms with Crippen LogP contribution in [-0.4, -0.2) is 78.5 Å². The van der Waals surface area contributed by atoms with Crippen molar-refractivity contribution in [3.05, 3.63) is 0 Å². The predicted molar refractivity (Wildman–Crippen MR) is 112 cm³/mol. The lowest BCUT2D eigenvalue weighted by Gasteiger charge is -2.57. The van der Waals surface area contributed by atoms with Crippen LogP contribution >= 0.6 is 0 Å². The van der Waals surface area contributed by atoms with Gasteiger partial charge in [0.15, 0.2) is 0 Å². The van der Waals surface area contributed by atoms with Crippen molar-refractivity contribution in [1.82, 2.24) is 20.0 Å². The van der Waals surface area contributed by atoms with E-state index in [-0.39, 0.29) is 11.4 Å². The van der Waals surface area contributed by atoms with Gasteiger partial charge in [-0.15, -0.1) is 0 Å². The number of urea groups is 1. The number of nitrogens with zero attached hydrogens (tertiary/aromatic N) is 3. The molecular weight excluding hydrogens is 364 g/mol. The number of amides is 3. The Labute approximate surface area is 175 Å². The molecule has 0 aromatic rings. The third kappa shape index (κ3) is 3.77. The summed E-state index contributed by atoms with van der Waals surface area (Å²) >= 11 is 0. The molecule has 6 rings (SSSR count). The van der Waals surface area contributed by atoms with E-state index in [4.69, 9.17) is 0 Å². The summed E-state index contributed by atoms with van der Waals surface area (Å²) < 4.78 is 0. The number of likely N-dealkylation sites (N-methyl/N-ethyl adjacent to an activating group) is 1. The van der Waals surface area contributed by atoms with E-state index in [1.54, 1.807) is 0 Å². The molecular formula is C23H38N4O2. The lowest BCUT2D eigenvalue weighted by molar-refractivity contribution is -0.159. The molecule has 0 radical (unpaired) electrons. The first kappa shape index (κ1) is 19.7.